The number of hydrogen-bond acceptors (Lipinski definition) is 2. The Labute approximate surface area is 276 Å². The molecule has 8 rings (SSSR count). The molecule has 0 radical (unpaired) electrons. The van der Waals surface area contributed by atoms with Gasteiger partial charge >= 0.3 is 216 Å². The van der Waals surface area contributed by atoms with E-state index in [0.717, 1.165) is 32.8 Å². The minimum atomic E-state index is -0.288. The Morgan fingerprint density at radius 2 is 1.16 bits per heavy atom. The average Bonchev–Trinajstić information content (AvgIpc) is 3.90. The number of hydrogen-bond donors (Lipinski definition) is 0. The Balaban J connectivity index is 0.000000279. The van der Waals surface area contributed by atoms with Crippen molar-refractivity contribution in [3.05, 3.63) is 143 Å². The molecule has 0 spiro atoms. The molecule has 0 aromatic heterocycles. The molecular formula is C39H38Li2O2. The van der Waals surface area contributed by atoms with Crippen molar-refractivity contribution in [1.29, 1.82) is 0 Å². The fourth-order valence-corrected chi connectivity index (χ4v) is 7.28. The Bertz CT molecular complexity index is 1510. The summed E-state index contributed by atoms with van der Waals surface area (Å²) in [5, 5.41) is 0. The van der Waals surface area contributed by atoms with Gasteiger partial charge in [-0.25, -0.2) is 0 Å². The molecule has 0 N–H and O–H groups in total. The third kappa shape index (κ3) is 6.21. The molecule has 4 heteroatoms. The van der Waals surface area contributed by atoms with E-state index in [2.05, 4.69) is 151 Å². The summed E-state index contributed by atoms with van der Waals surface area (Å²) in [5.74, 6) is 0.207. The SMILES string of the molecule is C1CCOC1.C1CCOC1.[Li][c]1cccc(C(C2=CC=CC2)(c2ccccc2)C2c3ccccc3-c3ccccc32)[c]1[Li]. The second-order valence-electron chi connectivity index (χ2n) is 12.0. The van der Waals surface area contributed by atoms with Crippen molar-refractivity contribution in [2.45, 2.75) is 43.4 Å². The maximum absolute atomic E-state index is 4.94. The molecule has 2 heterocycles. The van der Waals surface area contributed by atoms with E-state index in [1.165, 1.54) is 73.1 Å². The molecule has 1 unspecified atom stereocenters. The van der Waals surface area contributed by atoms with Crippen LogP contribution in [0.15, 0.2) is 121 Å². The summed E-state index contributed by atoms with van der Waals surface area (Å²) in [5.41, 5.74) is 9.56. The van der Waals surface area contributed by atoms with Crippen molar-refractivity contribution >= 4 is 43.9 Å². The summed E-state index contributed by atoms with van der Waals surface area (Å²) in [6.45, 7) is 4.00. The zero-order valence-electron chi connectivity index (χ0n) is 25.7. The Morgan fingerprint density at radius 1 is 0.605 bits per heavy atom. The number of fused-ring (bicyclic) bond motifs is 3. The Hall–Kier alpha value is -2.53. The summed E-state index contributed by atoms with van der Waals surface area (Å²) >= 11 is 4.55. The van der Waals surface area contributed by atoms with Crippen LogP contribution in [-0.4, -0.2) is 61.9 Å². The molecule has 2 saturated heterocycles. The molecule has 0 saturated carbocycles. The molecule has 2 nitrogen and oxygen atoms in total. The van der Waals surface area contributed by atoms with E-state index in [0.29, 0.717) is 0 Å². The molecule has 43 heavy (non-hydrogen) atoms. The zero-order chi connectivity index (χ0) is 29.5. The van der Waals surface area contributed by atoms with E-state index in [9.17, 15) is 0 Å². The summed E-state index contributed by atoms with van der Waals surface area (Å²) < 4.78 is 12.6. The molecule has 0 bridgehead atoms. The molecule has 2 fully saturated rings. The van der Waals surface area contributed by atoms with Crippen LogP contribution in [-0.2, 0) is 14.9 Å². The van der Waals surface area contributed by atoms with Gasteiger partial charge in [-0.3, -0.25) is 0 Å². The van der Waals surface area contributed by atoms with Gasteiger partial charge in [0.2, 0.25) is 0 Å². The van der Waals surface area contributed by atoms with Gasteiger partial charge in [-0.15, -0.1) is 0 Å². The van der Waals surface area contributed by atoms with Gasteiger partial charge in [0.25, 0.3) is 0 Å². The topological polar surface area (TPSA) is 18.5 Å². The van der Waals surface area contributed by atoms with Gasteiger partial charge in [0.1, 0.15) is 0 Å². The van der Waals surface area contributed by atoms with Gasteiger partial charge in [0.15, 0.2) is 0 Å². The first-order chi connectivity index (χ1) is 21.2. The number of rotatable bonds is 4. The van der Waals surface area contributed by atoms with E-state index in [-0.39, 0.29) is 11.3 Å². The predicted molar refractivity (Wildman–Crippen MR) is 180 cm³/mol. The fraction of sp³-hybridized carbons (Fsp3) is 0.282. The summed E-state index contributed by atoms with van der Waals surface area (Å²) in [7, 11) is 0. The van der Waals surface area contributed by atoms with E-state index >= 15 is 0 Å². The summed E-state index contributed by atoms with van der Waals surface area (Å²) in [6.07, 6.45) is 13.0. The number of ether oxygens (including phenoxy) is 2. The van der Waals surface area contributed by atoms with Crippen molar-refractivity contribution in [2.75, 3.05) is 26.4 Å². The van der Waals surface area contributed by atoms with Gasteiger partial charge in [0.05, 0.1) is 0 Å². The number of allylic oxidation sites excluding steroid dienone is 4. The first-order valence-corrected chi connectivity index (χ1v) is 16.0. The average molecular weight is 553 g/mol. The summed E-state index contributed by atoms with van der Waals surface area (Å²) in [4.78, 5) is 0. The number of benzene rings is 4. The summed E-state index contributed by atoms with van der Waals surface area (Å²) in [6, 6.07) is 36.1. The second-order valence-corrected chi connectivity index (χ2v) is 12.0. The molecule has 208 valence electrons. The van der Waals surface area contributed by atoms with Crippen LogP contribution < -0.4 is 8.47 Å². The van der Waals surface area contributed by atoms with Crippen LogP contribution in [0.1, 0.15) is 60.3 Å². The molecule has 0 amide bonds. The van der Waals surface area contributed by atoms with E-state index < -0.39 is 0 Å². The van der Waals surface area contributed by atoms with Crippen LogP contribution in [0.4, 0.5) is 0 Å². The van der Waals surface area contributed by atoms with Gasteiger partial charge in [-0.2, -0.15) is 0 Å². The minimum absolute atomic E-state index is 0.207. The molecule has 4 aromatic carbocycles. The van der Waals surface area contributed by atoms with E-state index in [1.807, 2.05) is 0 Å². The van der Waals surface area contributed by atoms with Crippen LogP contribution in [0.2, 0.25) is 0 Å². The van der Waals surface area contributed by atoms with Gasteiger partial charge in [-0.05, 0) is 25.7 Å². The maximum atomic E-state index is 4.94. The van der Waals surface area contributed by atoms with Gasteiger partial charge in [0, 0.05) is 26.4 Å². The molecule has 2 aliphatic heterocycles. The van der Waals surface area contributed by atoms with E-state index in [4.69, 9.17) is 9.47 Å². The van der Waals surface area contributed by atoms with Crippen LogP contribution in [0.25, 0.3) is 11.1 Å². The van der Waals surface area contributed by atoms with Crippen molar-refractivity contribution in [3.8, 4) is 11.1 Å². The Kier molecular flexibility index (Phi) is 10.3. The van der Waals surface area contributed by atoms with Crippen LogP contribution in [0.5, 0.6) is 0 Å². The molecule has 4 aromatic rings. The van der Waals surface area contributed by atoms with Crippen LogP contribution >= 0.6 is 0 Å². The molecule has 4 aliphatic rings. The standard InChI is InChI=1S/C31H22.2C4H8O.2Li/c1-3-13-23(14-4-1)31(25-17-7-8-18-25,24-15-5-2-6-16-24)30-28-21-11-9-19-26(28)27-20-10-12-22-29(27)30;2*1-2-4-5-3-1;;/h1-5,7-15,17,19-22,30H,18H2;2*1-4H2;;. The first kappa shape index (κ1) is 30.5. The molecular weight excluding hydrogens is 514 g/mol. The first-order valence-electron chi connectivity index (χ1n) is 16.0. The predicted octanol–water partition coefficient (Wildman–Crippen LogP) is 6.85. The molecule has 2 aliphatic carbocycles. The molecule has 1 atom stereocenters. The third-order valence-electron chi connectivity index (χ3n) is 9.46. The normalized spacial score (nSPS) is 18.1. The quantitative estimate of drug-likeness (QED) is 0.258. The Morgan fingerprint density at radius 3 is 1.67 bits per heavy atom. The van der Waals surface area contributed by atoms with Crippen LogP contribution in [0.3, 0.4) is 0 Å². The fourth-order valence-electron chi connectivity index (χ4n) is 7.28. The van der Waals surface area contributed by atoms with Crippen molar-refractivity contribution < 1.29 is 9.47 Å². The second kappa shape index (κ2) is 14.5. The van der Waals surface area contributed by atoms with Gasteiger partial charge < -0.3 is 9.47 Å². The zero-order valence-corrected chi connectivity index (χ0v) is 25.7. The van der Waals surface area contributed by atoms with Crippen molar-refractivity contribution in [3.63, 3.8) is 0 Å². The monoisotopic (exact) mass is 552 g/mol. The van der Waals surface area contributed by atoms with Crippen molar-refractivity contribution in [1.82, 2.24) is 0 Å². The van der Waals surface area contributed by atoms with Crippen molar-refractivity contribution in [2.24, 2.45) is 0 Å². The third-order valence-corrected chi connectivity index (χ3v) is 9.46. The van der Waals surface area contributed by atoms with E-state index in [1.54, 1.807) is 0 Å². The van der Waals surface area contributed by atoms with Gasteiger partial charge in [-0.1, -0.05) is 0 Å². The van der Waals surface area contributed by atoms with Crippen LogP contribution in [0, 0.1) is 0 Å².